The third kappa shape index (κ3) is 1.75. The molecule has 3 nitrogen and oxygen atoms in total. The second kappa shape index (κ2) is 4.00. The predicted octanol–water partition coefficient (Wildman–Crippen LogP) is 3.65. The minimum atomic E-state index is -0.260. The van der Waals surface area contributed by atoms with Gasteiger partial charge in [-0.05, 0) is 29.9 Å². The highest BCUT2D eigenvalue weighted by atomic mass is 16.6. The van der Waals surface area contributed by atoms with Crippen LogP contribution >= 0.6 is 0 Å². The summed E-state index contributed by atoms with van der Waals surface area (Å²) in [6, 6.07) is 6.00. The Morgan fingerprint density at radius 3 is 2.50 bits per heavy atom. The van der Waals surface area contributed by atoms with Crippen LogP contribution in [0.4, 0.5) is 0 Å². The molecule has 1 unspecified atom stereocenters. The highest BCUT2D eigenvalue weighted by Crippen LogP contribution is 2.68. The minimum absolute atomic E-state index is 0.0129. The number of carbonyl (C=O) groups excluding carboxylic acids is 1. The zero-order valence-electron chi connectivity index (χ0n) is 12.8. The molecule has 1 atom stereocenters. The minimum Gasteiger partial charge on any atom is -0.489 e. The number of benzene rings is 1. The van der Waals surface area contributed by atoms with Gasteiger partial charge in [-0.1, -0.05) is 39.3 Å². The number of rotatable bonds is 2. The molecule has 0 aromatic heterocycles. The second-order valence-electron chi connectivity index (χ2n) is 7.15. The van der Waals surface area contributed by atoms with Crippen molar-refractivity contribution in [3.05, 3.63) is 29.3 Å². The third-order valence-corrected chi connectivity index (χ3v) is 5.42. The first kappa shape index (κ1) is 13.5. The molecule has 1 aromatic rings. The van der Waals surface area contributed by atoms with E-state index in [0.717, 1.165) is 16.9 Å². The maximum Gasteiger partial charge on any atom is 0.310 e. The van der Waals surface area contributed by atoms with Gasteiger partial charge in [0, 0.05) is 5.56 Å². The summed E-state index contributed by atoms with van der Waals surface area (Å²) in [5, 5.41) is 0. The Hall–Kier alpha value is -1.51. The summed E-state index contributed by atoms with van der Waals surface area (Å²) in [6.45, 7) is 11.0. The lowest BCUT2D eigenvalue weighted by atomic mass is 10.0. The van der Waals surface area contributed by atoms with Gasteiger partial charge in [0.05, 0.1) is 5.92 Å². The lowest BCUT2D eigenvalue weighted by Crippen LogP contribution is -2.17. The van der Waals surface area contributed by atoms with Gasteiger partial charge < -0.3 is 9.47 Å². The van der Waals surface area contributed by atoms with Crippen LogP contribution in [0.2, 0.25) is 0 Å². The first-order valence-corrected chi connectivity index (χ1v) is 7.19. The van der Waals surface area contributed by atoms with Crippen LogP contribution in [0.15, 0.2) is 18.2 Å². The highest BCUT2D eigenvalue weighted by Gasteiger charge is 2.69. The van der Waals surface area contributed by atoms with Crippen LogP contribution in [0, 0.1) is 23.7 Å². The van der Waals surface area contributed by atoms with E-state index in [4.69, 9.17) is 9.47 Å². The molecule has 0 N–H and O–H groups in total. The van der Waals surface area contributed by atoms with Crippen molar-refractivity contribution in [2.45, 2.75) is 40.7 Å². The summed E-state index contributed by atoms with van der Waals surface area (Å²) < 4.78 is 11.3. The van der Waals surface area contributed by atoms with Crippen molar-refractivity contribution < 1.29 is 14.3 Å². The molecular weight excluding hydrogens is 252 g/mol. The summed E-state index contributed by atoms with van der Waals surface area (Å²) in [7, 11) is 0. The molecule has 3 heteroatoms. The van der Waals surface area contributed by atoms with Crippen molar-refractivity contribution in [1.82, 2.24) is 0 Å². The summed E-state index contributed by atoms with van der Waals surface area (Å²) in [5.74, 6) is 0.717. The van der Waals surface area contributed by atoms with Crippen LogP contribution in [0.1, 0.15) is 44.9 Å². The molecule has 0 radical (unpaired) electrons. The predicted molar refractivity (Wildman–Crippen MR) is 76.6 cm³/mol. The lowest BCUT2D eigenvalue weighted by molar-refractivity contribution is -0.153. The van der Waals surface area contributed by atoms with E-state index in [-0.39, 0.29) is 28.8 Å². The number of esters is 1. The normalized spacial score (nSPS) is 25.8. The second-order valence-corrected chi connectivity index (χ2v) is 7.15. The molecule has 0 bridgehead atoms. The SMILES string of the molecule is Cc1ccc2c(c1)C(OC(=O)C1C(C)(C)C1(C)C)CO2. The average Bonchev–Trinajstić information content (AvgIpc) is 2.64. The topological polar surface area (TPSA) is 35.5 Å². The zero-order chi connectivity index (χ0) is 14.7. The van der Waals surface area contributed by atoms with Crippen LogP contribution in [0.25, 0.3) is 0 Å². The standard InChI is InChI=1S/C17H22O3/c1-10-6-7-12-11(8-10)13(9-19-12)20-15(18)14-16(2,3)17(14,4)5/h6-8,13-14H,9H2,1-5H3. The van der Waals surface area contributed by atoms with E-state index in [2.05, 4.69) is 27.7 Å². The number of hydrogen-bond donors (Lipinski definition) is 0. The van der Waals surface area contributed by atoms with Crippen LogP contribution in [0.3, 0.4) is 0 Å². The largest absolute Gasteiger partial charge is 0.489 e. The highest BCUT2D eigenvalue weighted by molar-refractivity contribution is 5.79. The quantitative estimate of drug-likeness (QED) is 0.772. The van der Waals surface area contributed by atoms with Gasteiger partial charge in [0.15, 0.2) is 6.10 Å². The molecule has 0 saturated heterocycles. The molecule has 108 valence electrons. The van der Waals surface area contributed by atoms with Gasteiger partial charge in [-0.2, -0.15) is 0 Å². The summed E-state index contributed by atoms with van der Waals surface area (Å²) in [6.07, 6.45) is -0.260. The van der Waals surface area contributed by atoms with E-state index in [0.29, 0.717) is 6.61 Å². The van der Waals surface area contributed by atoms with E-state index >= 15 is 0 Å². The van der Waals surface area contributed by atoms with Gasteiger partial charge in [0.25, 0.3) is 0 Å². The van der Waals surface area contributed by atoms with Crippen LogP contribution in [-0.4, -0.2) is 12.6 Å². The van der Waals surface area contributed by atoms with Crippen molar-refractivity contribution in [2.24, 2.45) is 16.7 Å². The molecule has 3 rings (SSSR count). The Morgan fingerprint density at radius 2 is 1.90 bits per heavy atom. The van der Waals surface area contributed by atoms with Gasteiger partial charge in [-0.15, -0.1) is 0 Å². The molecule has 20 heavy (non-hydrogen) atoms. The Balaban J connectivity index is 1.76. The van der Waals surface area contributed by atoms with Gasteiger partial charge >= 0.3 is 5.97 Å². The van der Waals surface area contributed by atoms with Gasteiger partial charge in [0.1, 0.15) is 12.4 Å². The van der Waals surface area contributed by atoms with Crippen LogP contribution < -0.4 is 4.74 Å². The fraction of sp³-hybridized carbons (Fsp3) is 0.588. The van der Waals surface area contributed by atoms with E-state index < -0.39 is 0 Å². The Kier molecular flexibility index (Phi) is 2.69. The molecule has 2 aliphatic rings. The smallest absolute Gasteiger partial charge is 0.310 e. The number of ether oxygens (including phenoxy) is 2. The summed E-state index contributed by atoms with van der Waals surface area (Å²) >= 11 is 0. The summed E-state index contributed by atoms with van der Waals surface area (Å²) in [5.41, 5.74) is 2.18. The summed E-state index contributed by atoms with van der Waals surface area (Å²) in [4.78, 5) is 12.4. The van der Waals surface area contributed by atoms with Gasteiger partial charge in [-0.25, -0.2) is 0 Å². The molecule has 1 aliphatic carbocycles. The van der Waals surface area contributed by atoms with E-state index in [9.17, 15) is 4.79 Å². The molecule has 0 amide bonds. The number of fused-ring (bicyclic) bond motifs is 1. The van der Waals surface area contributed by atoms with Gasteiger partial charge in [-0.3, -0.25) is 4.79 Å². The molecule has 1 heterocycles. The maximum absolute atomic E-state index is 12.4. The third-order valence-electron chi connectivity index (χ3n) is 5.42. The molecule has 1 aliphatic heterocycles. The Bertz CT molecular complexity index is 558. The van der Waals surface area contributed by atoms with Crippen molar-refractivity contribution in [3.8, 4) is 5.75 Å². The van der Waals surface area contributed by atoms with E-state index in [1.807, 2.05) is 25.1 Å². The fourth-order valence-corrected chi connectivity index (χ4v) is 3.40. The Labute approximate surface area is 120 Å². The number of carbonyl (C=O) groups is 1. The molecule has 1 aromatic carbocycles. The molecule has 1 fully saturated rings. The zero-order valence-corrected chi connectivity index (χ0v) is 12.8. The average molecular weight is 274 g/mol. The first-order valence-electron chi connectivity index (χ1n) is 7.19. The Morgan fingerprint density at radius 1 is 1.25 bits per heavy atom. The van der Waals surface area contributed by atoms with Crippen molar-refractivity contribution in [3.63, 3.8) is 0 Å². The van der Waals surface area contributed by atoms with E-state index in [1.54, 1.807) is 0 Å². The molecule has 1 saturated carbocycles. The maximum atomic E-state index is 12.4. The fourth-order valence-electron chi connectivity index (χ4n) is 3.40. The number of hydrogen-bond acceptors (Lipinski definition) is 3. The number of aryl methyl sites for hydroxylation is 1. The molecule has 0 spiro atoms. The van der Waals surface area contributed by atoms with Crippen LogP contribution in [0.5, 0.6) is 5.75 Å². The lowest BCUT2D eigenvalue weighted by Gasteiger charge is -2.12. The van der Waals surface area contributed by atoms with Crippen molar-refractivity contribution in [1.29, 1.82) is 0 Å². The van der Waals surface area contributed by atoms with Crippen molar-refractivity contribution in [2.75, 3.05) is 6.61 Å². The van der Waals surface area contributed by atoms with Crippen LogP contribution in [-0.2, 0) is 9.53 Å². The first-order chi connectivity index (χ1) is 9.25. The van der Waals surface area contributed by atoms with E-state index in [1.165, 1.54) is 0 Å². The molecular formula is C17H22O3. The van der Waals surface area contributed by atoms with Gasteiger partial charge in [0.2, 0.25) is 0 Å². The monoisotopic (exact) mass is 274 g/mol. The van der Waals surface area contributed by atoms with Crippen molar-refractivity contribution >= 4 is 5.97 Å².